The fraction of sp³-hybridized carbons (Fsp3) is 0.833. The second-order valence-corrected chi connectivity index (χ2v) is 2.08. The van der Waals surface area contributed by atoms with Gasteiger partial charge in [0.2, 0.25) is 0 Å². The second-order valence-electron chi connectivity index (χ2n) is 2.08. The number of rotatable bonds is 1. The van der Waals surface area contributed by atoms with E-state index in [0.29, 0.717) is 19.6 Å². The molecule has 1 rings (SSSR count). The van der Waals surface area contributed by atoms with Gasteiger partial charge in [0.1, 0.15) is 5.79 Å². The van der Waals surface area contributed by atoms with Gasteiger partial charge in [-0.1, -0.05) is 0 Å². The molecule has 2 nitrogen and oxygen atoms in total. The predicted octanol–water partition coefficient (Wildman–Crippen LogP) is 1.82. The molecule has 1 fully saturated rings. The summed E-state index contributed by atoms with van der Waals surface area (Å²) < 4.78 is 10.4. The molecular weight excluding hydrogens is 249 g/mol. The topological polar surface area (TPSA) is 18.5 Å². The third kappa shape index (κ3) is 3.42. The molecule has 0 amide bonds. The van der Waals surface area contributed by atoms with Crippen molar-refractivity contribution in [2.75, 3.05) is 13.2 Å². The molecule has 0 aliphatic carbocycles. The fourth-order valence-corrected chi connectivity index (χ4v) is 0.701. The van der Waals surface area contributed by atoms with E-state index in [1.54, 1.807) is 0 Å². The quantitative estimate of drug-likeness (QED) is 0.529. The summed E-state index contributed by atoms with van der Waals surface area (Å²) in [6.07, 6.45) is 0.688. The average molecular weight is 260 g/mol. The van der Waals surface area contributed by atoms with Gasteiger partial charge in [0.25, 0.3) is 0 Å². The van der Waals surface area contributed by atoms with Crippen LogP contribution in [0.2, 0.25) is 0 Å². The Morgan fingerprint density at radius 1 is 1.50 bits per heavy atom. The van der Waals surface area contributed by atoms with Crippen molar-refractivity contribution in [3.63, 3.8) is 0 Å². The molecule has 1 aliphatic heterocycles. The number of hydrogen-bond donors (Lipinski definition) is 0. The van der Waals surface area contributed by atoms with Crippen molar-refractivity contribution >= 4 is 13.6 Å². The average Bonchev–Trinajstić information content (AvgIpc) is 2.42. The molecule has 0 radical (unpaired) electrons. The van der Waals surface area contributed by atoms with Gasteiger partial charge in [-0.2, -0.15) is 0 Å². The van der Waals surface area contributed by atoms with Gasteiger partial charge in [-0.3, -0.25) is 0 Å². The van der Waals surface area contributed by atoms with Gasteiger partial charge in [-0.15, -0.1) is 6.42 Å². The van der Waals surface area contributed by atoms with Crippen LogP contribution < -0.4 is 0 Å². The van der Waals surface area contributed by atoms with Crippen LogP contribution in [0.3, 0.4) is 0 Å². The van der Waals surface area contributed by atoms with Crippen molar-refractivity contribution in [3.05, 3.63) is 6.92 Å². The minimum atomic E-state index is -0.375. The van der Waals surface area contributed by atoms with E-state index in [4.69, 9.17) is 9.47 Å². The summed E-state index contributed by atoms with van der Waals surface area (Å²) in [7, 11) is 0. The molecule has 0 saturated carbocycles. The van der Waals surface area contributed by atoms with Crippen LogP contribution in [-0.2, 0) is 25.8 Å². The summed E-state index contributed by atoms with van der Waals surface area (Å²) in [5.74, 6) is -0.375. The van der Waals surface area contributed by atoms with E-state index in [-0.39, 0.29) is 5.79 Å². The number of halogens is 1. The predicted molar refractivity (Wildman–Crippen MR) is 39.2 cm³/mol. The minimum absolute atomic E-state index is 0.375. The Morgan fingerprint density at radius 2 is 1.90 bits per heavy atom. The summed E-state index contributed by atoms with van der Waals surface area (Å²) >= 11 is 4.25. The van der Waals surface area contributed by atoms with E-state index in [0.717, 1.165) is 0 Å². The Kier molecular flexibility index (Phi) is 6.22. The number of ether oxygens (including phenoxy) is 2. The fourth-order valence-electron chi connectivity index (χ4n) is 0.701. The summed E-state index contributed by atoms with van der Waals surface area (Å²) in [6.45, 7) is 7.03. The maximum atomic E-state index is 5.20. The van der Waals surface area contributed by atoms with Crippen molar-refractivity contribution in [3.8, 4) is 0 Å². The van der Waals surface area contributed by atoms with Crippen molar-refractivity contribution in [2.24, 2.45) is 0 Å². The molecule has 0 bridgehead atoms. The zero-order chi connectivity index (χ0) is 8.04. The zero-order valence-electron chi connectivity index (χ0n) is 6.23. The van der Waals surface area contributed by atoms with Crippen LogP contribution in [0, 0.1) is 6.92 Å². The molecular formula is C6H11BrO2Zn. The van der Waals surface area contributed by atoms with Crippen LogP contribution in [0.15, 0.2) is 0 Å². The third-order valence-corrected chi connectivity index (χ3v) is 1.35. The first-order valence-electron chi connectivity index (χ1n) is 3.11. The molecule has 0 aromatic heterocycles. The van der Waals surface area contributed by atoms with E-state index in [9.17, 15) is 0 Å². The van der Waals surface area contributed by atoms with Crippen molar-refractivity contribution in [1.29, 1.82) is 0 Å². The maximum absolute atomic E-state index is 5.20. The first kappa shape index (κ1) is 11.0. The van der Waals surface area contributed by atoms with Crippen LogP contribution in [0.25, 0.3) is 0 Å². The van der Waals surface area contributed by atoms with E-state index in [2.05, 4.69) is 20.5 Å². The standard InChI is InChI=1S/C6H11O2.BrH.Zn/c1-3-6(2)7-4-5-8-6;;/h1,3-5H2,2H3;1H;/q-1;;+2/p-1. The molecule has 56 valence electrons. The molecule has 0 aromatic rings. The van der Waals surface area contributed by atoms with Gasteiger partial charge in [0.05, 0.1) is 13.2 Å². The number of hydrogen-bond acceptors (Lipinski definition) is 2. The molecule has 0 spiro atoms. The van der Waals surface area contributed by atoms with Crippen LogP contribution in [0.4, 0.5) is 0 Å². The first-order chi connectivity index (χ1) is 4.77. The molecule has 1 saturated heterocycles. The Balaban J connectivity index is 0.000000371. The Morgan fingerprint density at radius 3 is 2.10 bits per heavy atom. The van der Waals surface area contributed by atoms with E-state index in [1.165, 1.54) is 16.3 Å². The summed E-state index contributed by atoms with van der Waals surface area (Å²) in [5.41, 5.74) is 0. The molecule has 10 heavy (non-hydrogen) atoms. The second kappa shape index (κ2) is 5.65. The molecule has 0 unspecified atom stereocenters. The summed E-state index contributed by atoms with van der Waals surface area (Å²) in [6, 6.07) is 0. The van der Waals surface area contributed by atoms with Crippen molar-refractivity contribution < 1.29 is 25.8 Å². The Bertz CT molecular complexity index is 83.8. The monoisotopic (exact) mass is 258 g/mol. The van der Waals surface area contributed by atoms with Crippen LogP contribution in [0.5, 0.6) is 0 Å². The van der Waals surface area contributed by atoms with Gasteiger partial charge in [-0.25, -0.2) is 0 Å². The summed E-state index contributed by atoms with van der Waals surface area (Å²) in [4.78, 5) is 0. The normalized spacial score (nSPS) is 21.7. The van der Waals surface area contributed by atoms with Crippen molar-refractivity contribution in [2.45, 2.75) is 19.1 Å². The van der Waals surface area contributed by atoms with Crippen LogP contribution in [0.1, 0.15) is 13.3 Å². The van der Waals surface area contributed by atoms with Gasteiger partial charge in [0, 0.05) is 0 Å². The molecule has 4 heteroatoms. The van der Waals surface area contributed by atoms with Gasteiger partial charge in [-0.05, 0) is 6.92 Å². The summed E-state index contributed by atoms with van der Waals surface area (Å²) in [5, 5.41) is 0. The van der Waals surface area contributed by atoms with E-state index in [1.807, 2.05) is 6.92 Å². The molecule has 0 aromatic carbocycles. The first-order valence-corrected chi connectivity index (χ1v) is 10.1. The van der Waals surface area contributed by atoms with E-state index < -0.39 is 0 Å². The van der Waals surface area contributed by atoms with E-state index >= 15 is 0 Å². The SMILES string of the molecule is [CH2-]CC1(C)OCCO1.[Zn+][Br]. The Hall–Kier alpha value is 1.02. The molecule has 1 heterocycles. The van der Waals surface area contributed by atoms with Gasteiger partial charge in [0.15, 0.2) is 0 Å². The van der Waals surface area contributed by atoms with Gasteiger partial charge < -0.3 is 16.4 Å². The Labute approximate surface area is 78.7 Å². The zero-order valence-corrected chi connectivity index (χ0v) is 10.8. The molecule has 1 aliphatic rings. The van der Waals surface area contributed by atoms with Crippen LogP contribution in [-0.4, -0.2) is 19.0 Å². The van der Waals surface area contributed by atoms with Crippen molar-refractivity contribution in [1.82, 2.24) is 0 Å². The third-order valence-electron chi connectivity index (χ3n) is 1.35. The van der Waals surface area contributed by atoms with Crippen LogP contribution >= 0.6 is 13.6 Å². The molecule has 0 atom stereocenters. The molecule has 0 N–H and O–H groups in total. The van der Waals surface area contributed by atoms with Gasteiger partial charge >= 0.3 is 30.0 Å².